The molecule has 0 bridgehead atoms. The maximum absolute atomic E-state index is 11.7. The predicted octanol–water partition coefficient (Wildman–Crippen LogP) is 0.911. The molecule has 6 nitrogen and oxygen atoms in total. The van der Waals surface area contributed by atoms with E-state index in [-0.39, 0.29) is 17.2 Å². The van der Waals surface area contributed by atoms with Crippen LogP contribution in [0.4, 0.5) is 5.69 Å². The summed E-state index contributed by atoms with van der Waals surface area (Å²) in [6.07, 6.45) is -0.706. The van der Waals surface area contributed by atoms with Crippen molar-refractivity contribution in [2.24, 2.45) is 0 Å². The maximum atomic E-state index is 11.7. The standard InChI is InChI=1S/C13H18N2O4/c1-8(12(16)15(2)3)19-11-6-5-9(14)7-10(11)13(17)18-4/h5-8H,14H2,1-4H3. The molecule has 1 aromatic rings. The van der Waals surface area contributed by atoms with E-state index in [2.05, 4.69) is 4.74 Å². The van der Waals surface area contributed by atoms with Gasteiger partial charge in [0, 0.05) is 19.8 Å². The van der Waals surface area contributed by atoms with Gasteiger partial charge in [0.25, 0.3) is 5.91 Å². The molecule has 104 valence electrons. The summed E-state index contributed by atoms with van der Waals surface area (Å²) in [5.74, 6) is -0.497. The number of methoxy groups -OCH3 is 1. The van der Waals surface area contributed by atoms with Crippen molar-refractivity contribution in [1.29, 1.82) is 0 Å². The third-order valence-corrected chi connectivity index (χ3v) is 2.50. The topological polar surface area (TPSA) is 81.9 Å². The molecule has 0 aromatic heterocycles. The lowest BCUT2D eigenvalue weighted by atomic mass is 10.1. The molecule has 19 heavy (non-hydrogen) atoms. The van der Waals surface area contributed by atoms with Gasteiger partial charge in [-0.05, 0) is 25.1 Å². The number of rotatable bonds is 4. The number of hydrogen-bond acceptors (Lipinski definition) is 5. The fourth-order valence-corrected chi connectivity index (χ4v) is 1.52. The Morgan fingerprint density at radius 3 is 2.47 bits per heavy atom. The Hall–Kier alpha value is -2.24. The summed E-state index contributed by atoms with van der Waals surface area (Å²) in [6, 6.07) is 4.59. The number of nitrogens with two attached hydrogens (primary N) is 1. The molecule has 0 saturated heterocycles. The van der Waals surface area contributed by atoms with E-state index in [1.165, 1.54) is 18.1 Å². The fourth-order valence-electron chi connectivity index (χ4n) is 1.52. The Bertz CT molecular complexity index is 486. The van der Waals surface area contributed by atoms with Crippen LogP contribution in [-0.4, -0.2) is 44.1 Å². The molecule has 1 amide bonds. The smallest absolute Gasteiger partial charge is 0.341 e. The van der Waals surface area contributed by atoms with E-state index in [0.29, 0.717) is 5.69 Å². The van der Waals surface area contributed by atoms with Crippen LogP contribution in [0, 0.1) is 0 Å². The summed E-state index contributed by atoms with van der Waals surface area (Å²) in [5.41, 5.74) is 6.23. The van der Waals surface area contributed by atoms with Crippen LogP contribution in [0.15, 0.2) is 18.2 Å². The van der Waals surface area contributed by atoms with Crippen molar-refractivity contribution in [1.82, 2.24) is 4.90 Å². The zero-order chi connectivity index (χ0) is 14.6. The minimum absolute atomic E-state index is 0.195. The number of anilines is 1. The van der Waals surface area contributed by atoms with E-state index in [1.54, 1.807) is 33.2 Å². The molecule has 0 heterocycles. The number of benzene rings is 1. The number of ether oxygens (including phenoxy) is 2. The minimum Gasteiger partial charge on any atom is -0.480 e. The van der Waals surface area contributed by atoms with E-state index in [1.807, 2.05) is 0 Å². The van der Waals surface area contributed by atoms with Crippen LogP contribution in [-0.2, 0) is 9.53 Å². The second-order valence-electron chi connectivity index (χ2n) is 4.24. The second-order valence-corrected chi connectivity index (χ2v) is 4.24. The van der Waals surface area contributed by atoms with Gasteiger partial charge < -0.3 is 20.1 Å². The largest absolute Gasteiger partial charge is 0.480 e. The van der Waals surface area contributed by atoms with Gasteiger partial charge in [-0.2, -0.15) is 0 Å². The summed E-state index contributed by atoms with van der Waals surface area (Å²) in [4.78, 5) is 24.8. The molecule has 1 rings (SSSR count). The lowest BCUT2D eigenvalue weighted by Crippen LogP contribution is -2.35. The normalized spacial score (nSPS) is 11.6. The molecular weight excluding hydrogens is 248 g/mol. The number of hydrogen-bond donors (Lipinski definition) is 1. The average molecular weight is 266 g/mol. The summed E-state index contributed by atoms with van der Waals surface area (Å²) in [7, 11) is 4.53. The molecule has 2 N–H and O–H groups in total. The van der Waals surface area contributed by atoms with Crippen LogP contribution in [0.1, 0.15) is 17.3 Å². The van der Waals surface area contributed by atoms with Gasteiger partial charge in [-0.3, -0.25) is 4.79 Å². The van der Waals surface area contributed by atoms with E-state index in [0.717, 1.165) is 0 Å². The predicted molar refractivity (Wildman–Crippen MR) is 71.0 cm³/mol. The first-order chi connectivity index (χ1) is 8.86. The van der Waals surface area contributed by atoms with Gasteiger partial charge >= 0.3 is 5.97 Å². The molecule has 1 atom stereocenters. The first kappa shape index (κ1) is 14.8. The zero-order valence-electron chi connectivity index (χ0n) is 11.5. The van der Waals surface area contributed by atoms with E-state index in [9.17, 15) is 9.59 Å². The highest BCUT2D eigenvalue weighted by atomic mass is 16.5. The van der Waals surface area contributed by atoms with Crippen LogP contribution in [0.3, 0.4) is 0 Å². The second kappa shape index (κ2) is 6.08. The SMILES string of the molecule is COC(=O)c1cc(N)ccc1OC(C)C(=O)N(C)C. The Kier molecular flexibility index (Phi) is 4.74. The van der Waals surface area contributed by atoms with Crippen molar-refractivity contribution in [3.8, 4) is 5.75 Å². The van der Waals surface area contributed by atoms with Crippen molar-refractivity contribution in [3.63, 3.8) is 0 Å². The molecule has 0 aliphatic rings. The number of amides is 1. The molecule has 0 fully saturated rings. The summed E-state index contributed by atoms with van der Waals surface area (Å²) in [5, 5.41) is 0. The molecule has 1 unspecified atom stereocenters. The van der Waals surface area contributed by atoms with Gasteiger partial charge in [0.1, 0.15) is 11.3 Å². The van der Waals surface area contributed by atoms with Gasteiger partial charge in [0.15, 0.2) is 6.10 Å². The number of nitrogens with zero attached hydrogens (tertiary/aromatic N) is 1. The molecule has 1 aromatic carbocycles. The number of nitrogen functional groups attached to an aromatic ring is 1. The number of carbonyl (C=O) groups excluding carboxylic acids is 2. The quantitative estimate of drug-likeness (QED) is 0.647. The molecule has 0 spiro atoms. The van der Waals surface area contributed by atoms with Crippen LogP contribution >= 0.6 is 0 Å². The highest BCUT2D eigenvalue weighted by Gasteiger charge is 2.20. The van der Waals surface area contributed by atoms with Crippen LogP contribution < -0.4 is 10.5 Å². The number of carbonyl (C=O) groups is 2. The van der Waals surface area contributed by atoms with Crippen molar-refractivity contribution in [2.45, 2.75) is 13.0 Å². The fraction of sp³-hybridized carbons (Fsp3) is 0.385. The summed E-state index contributed by atoms with van der Waals surface area (Å²) < 4.78 is 10.2. The monoisotopic (exact) mass is 266 g/mol. The zero-order valence-corrected chi connectivity index (χ0v) is 11.5. The van der Waals surface area contributed by atoms with Gasteiger partial charge in [-0.15, -0.1) is 0 Å². The highest BCUT2D eigenvalue weighted by molar-refractivity contribution is 5.93. The van der Waals surface area contributed by atoms with E-state index < -0.39 is 12.1 Å². The lowest BCUT2D eigenvalue weighted by molar-refractivity contribution is -0.135. The van der Waals surface area contributed by atoms with Gasteiger partial charge in [0.2, 0.25) is 0 Å². The third-order valence-electron chi connectivity index (χ3n) is 2.50. The van der Waals surface area contributed by atoms with Crippen LogP contribution in [0.5, 0.6) is 5.75 Å². The Morgan fingerprint density at radius 1 is 1.32 bits per heavy atom. The van der Waals surface area contributed by atoms with Crippen molar-refractivity contribution in [2.75, 3.05) is 26.9 Å². The Morgan fingerprint density at radius 2 is 1.95 bits per heavy atom. The summed E-state index contributed by atoms with van der Waals surface area (Å²) >= 11 is 0. The van der Waals surface area contributed by atoms with Gasteiger partial charge in [0.05, 0.1) is 7.11 Å². The minimum atomic E-state index is -0.706. The maximum Gasteiger partial charge on any atom is 0.341 e. The molecule has 0 saturated carbocycles. The van der Waals surface area contributed by atoms with Crippen molar-refractivity contribution in [3.05, 3.63) is 23.8 Å². The van der Waals surface area contributed by atoms with Gasteiger partial charge in [-0.25, -0.2) is 4.79 Å². The molecule has 0 aliphatic carbocycles. The average Bonchev–Trinajstić information content (AvgIpc) is 2.38. The molecule has 6 heteroatoms. The first-order valence-electron chi connectivity index (χ1n) is 5.72. The first-order valence-corrected chi connectivity index (χ1v) is 5.72. The van der Waals surface area contributed by atoms with Crippen molar-refractivity contribution >= 4 is 17.6 Å². The van der Waals surface area contributed by atoms with Crippen molar-refractivity contribution < 1.29 is 19.1 Å². The Balaban J connectivity index is 3.01. The number of likely N-dealkylation sites (N-methyl/N-ethyl adjacent to an activating group) is 1. The third kappa shape index (κ3) is 3.61. The molecule has 0 radical (unpaired) electrons. The van der Waals surface area contributed by atoms with Gasteiger partial charge in [-0.1, -0.05) is 0 Å². The van der Waals surface area contributed by atoms with E-state index >= 15 is 0 Å². The van der Waals surface area contributed by atoms with Crippen LogP contribution in [0.2, 0.25) is 0 Å². The highest BCUT2D eigenvalue weighted by Crippen LogP contribution is 2.23. The molecular formula is C13H18N2O4. The van der Waals surface area contributed by atoms with E-state index in [4.69, 9.17) is 10.5 Å². The molecule has 0 aliphatic heterocycles. The summed E-state index contributed by atoms with van der Waals surface area (Å²) in [6.45, 7) is 1.61. The number of esters is 1. The lowest BCUT2D eigenvalue weighted by Gasteiger charge is -2.19. The van der Waals surface area contributed by atoms with Crippen LogP contribution in [0.25, 0.3) is 0 Å². The Labute approximate surface area is 112 Å².